The van der Waals surface area contributed by atoms with Gasteiger partial charge in [-0.15, -0.1) is 0 Å². The molecule has 0 fully saturated rings. The lowest BCUT2D eigenvalue weighted by Gasteiger charge is -2.09. The number of benzene rings is 2. The molecule has 0 aliphatic rings. The maximum Gasteiger partial charge on any atom is 0.0340 e. The Morgan fingerprint density at radius 2 is 0.955 bits per heavy atom. The van der Waals surface area contributed by atoms with Crippen molar-refractivity contribution in [1.82, 2.24) is 0 Å². The van der Waals surface area contributed by atoms with E-state index in [1.54, 1.807) is 0 Å². The number of anilines is 2. The number of unbranched alkanes of at least 4 members (excludes halogenated alkanes) is 2. The highest BCUT2D eigenvalue weighted by atomic mass is 14.9. The van der Waals surface area contributed by atoms with Gasteiger partial charge in [0.15, 0.2) is 0 Å². The van der Waals surface area contributed by atoms with Crippen LogP contribution in [0.1, 0.15) is 39.5 Å². The molecule has 0 saturated carbocycles. The fourth-order valence-corrected chi connectivity index (χ4v) is 2.38. The topological polar surface area (TPSA) is 24.1 Å². The molecule has 0 atom stereocenters. The van der Waals surface area contributed by atoms with E-state index in [0.717, 1.165) is 13.1 Å². The van der Waals surface area contributed by atoms with Crippen LogP contribution in [0.25, 0.3) is 11.1 Å². The van der Waals surface area contributed by atoms with Crippen LogP contribution in [0.5, 0.6) is 0 Å². The van der Waals surface area contributed by atoms with Crippen LogP contribution in [0.2, 0.25) is 0 Å². The monoisotopic (exact) mass is 296 g/mol. The molecular formula is C20H28N2. The second-order valence-electron chi connectivity index (χ2n) is 5.72. The lowest BCUT2D eigenvalue weighted by molar-refractivity contribution is 0.834. The fraction of sp³-hybridized carbons (Fsp3) is 0.400. The SMILES string of the molecule is CCCCNc1ccc(-c2ccc(NCCCC)cc2)cc1. The molecule has 0 bridgehead atoms. The molecule has 2 rings (SSSR count). The summed E-state index contributed by atoms with van der Waals surface area (Å²) in [4.78, 5) is 0. The molecule has 0 spiro atoms. The van der Waals surface area contributed by atoms with Gasteiger partial charge in [0.2, 0.25) is 0 Å². The van der Waals surface area contributed by atoms with Crippen LogP contribution >= 0.6 is 0 Å². The maximum atomic E-state index is 3.45. The summed E-state index contributed by atoms with van der Waals surface area (Å²) in [5.74, 6) is 0. The molecule has 0 aliphatic heterocycles. The Labute approximate surface area is 135 Å². The zero-order valence-corrected chi connectivity index (χ0v) is 13.9. The summed E-state index contributed by atoms with van der Waals surface area (Å²) in [7, 11) is 0. The zero-order chi connectivity index (χ0) is 15.6. The third-order valence-electron chi connectivity index (χ3n) is 3.82. The van der Waals surface area contributed by atoms with E-state index < -0.39 is 0 Å². The third kappa shape index (κ3) is 5.10. The summed E-state index contributed by atoms with van der Waals surface area (Å²) in [6, 6.07) is 17.4. The molecule has 0 unspecified atom stereocenters. The fourth-order valence-electron chi connectivity index (χ4n) is 2.38. The van der Waals surface area contributed by atoms with Crippen molar-refractivity contribution >= 4 is 11.4 Å². The van der Waals surface area contributed by atoms with Crippen LogP contribution in [0.3, 0.4) is 0 Å². The van der Waals surface area contributed by atoms with E-state index in [9.17, 15) is 0 Å². The number of nitrogens with one attached hydrogen (secondary N) is 2. The molecule has 2 aromatic carbocycles. The molecule has 22 heavy (non-hydrogen) atoms. The average Bonchev–Trinajstić information content (AvgIpc) is 2.57. The molecule has 118 valence electrons. The Morgan fingerprint density at radius 3 is 1.27 bits per heavy atom. The molecule has 0 aliphatic carbocycles. The van der Waals surface area contributed by atoms with Crippen molar-refractivity contribution in [2.75, 3.05) is 23.7 Å². The summed E-state index contributed by atoms with van der Waals surface area (Å²) in [5.41, 5.74) is 4.94. The average molecular weight is 296 g/mol. The molecule has 2 heteroatoms. The van der Waals surface area contributed by atoms with Gasteiger partial charge in [0.1, 0.15) is 0 Å². The van der Waals surface area contributed by atoms with Gasteiger partial charge in [0.05, 0.1) is 0 Å². The van der Waals surface area contributed by atoms with Crippen molar-refractivity contribution in [3.63, 3.8) is 0 Å². The Kier molecular flexibility index (Phi) is 6.82. The highest BCUT2D eigenvalue weighted by molar-refractivity contribution is 5.68. The molecule has 2 aromatic rings. The Balaban J connectivity index is 1.93. The van der Waals surface area contributed by atoms with Gasteiger partial charge in [-0.05, 0) is 48.2 Å². The smallest absolute Gasteiger partial charge is 0.0340 e. The standard InChI is InChI=1S/C20H28N2/c1-3-5-15-21-19-11-7-17(8-12-19)18-9-13-20(14-10-18)22-16-6-4-2/h7-14,21-22H,3-6,15-16H2,1-2H3. The normalized spacial score (nSPS) is 10.5. The quantitative estimate of drug-likeness (QED) is 0.573. The first-order chi connectivity index (χ1) is 10.8. The Bertz CT molecular complexity index is 477. The number of rotatable bonds is 9. The summed E-state index contributed by atoms with van der Waals surface area (Å²) in [5, 5.41) is 6.90. The van der Waals surface area contributed by atoms with Crippen LogP contribution < -0.4 is 10.6 Å². The maximum absolute atomic E-state index is 3.45. The molecular weight excluding hydrogens is 268 g/mol. The van der Waals surface area contributed by atoms with E-state index >= 15 is 0 Å². The van der Waals surface area contributed by atoms with E-state index in [4.69, 9.17) is 0 Å². The van der Waals surface area contributed by atoms with Crippen molar-refractivity contribution in [3.8, 4) is 11.1 Å². The largest absolute Gasteiger partial charge is 0.385 e. The van der Waals surface area contributed by atoms with E-state index in [2.05, 4.69) is 73.0 Å². The Hall–Kier alpha value is -1.96. The Morgan fingerprint density at radius 1 is 0.591 bits per heavy atom. The van der Waals surface area contributed by atoms with Crippen molar-refractivity contribution < 1.29 is 0 Å². The van der Waals surface area contributed by atoms with Crippen LogP contribution in [-0.2, 0) is 0 Å². The van der Waals surface area contributed by atoms with Crippen molar-refractivity contribution in [2.24, 2.45) is 0 Å². The van der Waals surface area contributed by atoms with Gasteiger partial charge in [-0.25, -0.2) is 0 Å². The van der Waals surface area contributed by atoms with Crippen LogP contribution in [-0.4, -0.2) is 13.1 Å². The molecule has 0 saturated heterocycles. The molecule has 2 nitrogen and oxygen atoms in total. The first-order valence-corrected chi connectivity index (χ1v) is 8.51. The van der Waals surface area contributed by atoms with Gasteiger partial charge in [0, 0.05) is 24.5 Å². The molecule has 0 heterocycles. The van der Waals surface area contributed by atoms with Crippen LogP contribution in [0, 0.1) is 0 Å². The predicted molar refractivity (Wildman–Crippen MR) is 98.7 cm³/mol. The van der Waals surface area contributed by atoms with Gasteiger partial charge in [0.25, 0.3) is 0 Å². The molecule has 2 N–H and O–H groups in total. The summed E-state index contributed by atoms with van der Waals surface area (Å²) in [6.07, 6.45) is 4.88. The summed E-state index contributed by atoms with van der Waals surface area (Å²) in [6.45, 7) is 6.53. The zero-order valence-electron chi connectivity index (χ0n) is 13.9. The first kappa shape index (κ1) is 16.4. The minimum atomic E-state index is 1.05. The minimum absolute atomic E-state index is 1.05. The summed E-state index contributed by atoms with van der Waals surface area (Å²) >= 11 is 0. The predicted octanol–water partition coefficient (Wildman–Crippen LogP) is 5.78. The van der Waals surface area contributed by atoms with Gasteiger partial charge < -0.3 is 10.6 Å². The second-order valence-corrected chi connectivity index (χ2v) is 5.72. The lowest BCUT2D eigenvalue weighted by Crippen LogP contribution is -2.00. The number of hydrogen-bond acceptors (Lipinski definition) is 2. The van der Waals surface area contributed by atoms with E-state index in [1.165, 1.54) is 48.2 Å². The van der Waals surface area contributed by atoms with Crippen molar-refractivity contribution in [1.29, 1.82) is 0 Å². The van der Waals surface area contributed by atoms with Gasteiger partial charge in [-0.2, -0.15) is 0 Å². The summed E-state index contributed by atoms with van der Waals surface area (Å²) < 4.78 is 0. The van der Waals surface area contributed by atoms with Gasteiger partial charge in [-0.1, -0.05) is 51.0 Å². The lowest BCUT2D eigenvalue weighted by atomic mass is 10.0. The van der Waals surface area contributed by atoms with E-state index in [1.807, 2.05) is 0 Å². The highest BCUT2D eigenvalue weighted by Gasteiger charge is 1.99. The third-order valence-corrected chi connectivity index (χ3v) is 3.82. The van der Waals surface area contributed by atoms with Crippen molar-refractivity contribution in [3.05, 3.63) is 48.5 Å². The van der Waals surface area contributed by atoms with E-state index in [0.29, 0.717) is 0 Å². The first-order valence-electron chi connectivity index (χ1n) is 8.51. The van der Waals surface area contributed by atoms with Gasteiger partial charge >= 0.3 is 0 Å². The van der Waals surface area contributed by atoms with Crippen LogP contribution in [0.15, 0.2) is 48.5 Å². The van der Waals surface area contributed by atoms with Crippen LogP contribution in [0.4, 0.5) is 11.4 Å². The van der Waals surface area contributed by atoms with E-state index in [-0.39, 0.29) is 0 Å². The minimum Gasteiger partial charge on any atom is -0.385 e. The second kappa shape index (κ2) is 9.14. The molecule has 0 amide bonds. The van der Waals surface area contributed by atoms with Gasteiger partial charge in [-0.3, -0.25) is 0 Å². The molecule has 0 radical (unpaired) electrons. The molecule has 0 aromatic heterocycles. The number of hydrogen-bond donors (Lipinski definition) is 2. The van der Waals surface area contributed by atoms with Crippen molar-refractivity contribution in [2.45, 2.75) is 39.5 Å². The highest BCUT2D eigenvalue weighted by Crippen LogP contribution is 2.23.